The van der Waals surface area contributed by atoms with Gasteiger partial charge in [0.15, 0.2) is 0 Å². The lowest BCUT2D eigenvalue weighted by Crippen LogP contribution is -2.49. The summed E-state index contributed by atoms with van der Waals surface area (Å²) < 4.78 is 37.0. The highest BCUT2D eigenvalue weighted by molar-refractivity contribution is 5.89. The van der Waals surface area contributed by atoms with Crippen molar-refractivity contribution < 1.29 is 32.7 Å². The Kier molecular flexibility index (Phi) is 5.42. The van der Waals surface area contributed by atoms with Crippen molar-refractivity contribution in [1.82, 2.24) is 10.2 Å². The third-order valence-electron chi connectivity index (χ3n) is 3.70. The Hall–Kier alpha value is -1.80. The van der Waals surface area contributed by atoms with E-state index in [1.165, 1.54) is 0 Å². The average molecular weight is 324 g/mol. The van der Waals surface area contributed by atoms with Gasteiger partial charge in [-0.2, -0.15) is 13.2 Å². The van der Waals surface area contributed by atoms with Crippen LogP contribution in [0.4, 0.5) is 13.2 Å². The number of aliphatic carboxylic acids is 1. The lowest BCUT2D eigenvalue weighted by atomic mass is 9.93. The molecule has 1 saturated heterocycles. The summed E-state index contributed by atoms with van der Waals surface area (Å²) in [4.78, 5) is 35.0. The minimum Gasteiger partial charge on any atom is -0.481 e. The number of rotatable bonds is 6. The van der Waals surface area contributed by atoms with Gasteiger partial charge in [-0.3, -0.25) is 14.4 Å². The molecule has 126 valence electrons. The maximum absolute atomic E-state index is 12.3. The number of amides is 2. The van der Waals surface area contributed by atoms with Crippen molar-refractivity contribution in [2.45, 2.75) is 44.8 Å². The van der Waals surface area contributed by atoms with Crippen molar-refractivity contribution in [3.63, 3.8) is 0 Å². The van der Waals surface area contributed by atoms with Gasteiger partial charge in [0.2, 0.25) is 11.8 Å². The van der Waals surface area contributed by atoms with Crippen LogP contribution in [0.15, 0.2) is 0 Å². The first-order valence-electron chi connectivity index (χ1n) is 6.84. The van der Waals surface area contributed by atoms with Crippen molar-refractivity contribution in [2.75, 3.05) is 13.1 Å². The normalized spacial score (nSPS) is 21.6. The Balaban J connectivity index is 2.67. The monoisotopic (exact) mass is 324 g/mol. The van der Waals surface area contributed by atoms with E-state index in [4.69, 9.17) is 5.11 Å². The van der Waals surface area contributed by atoms with E-state index in [0.29, 0.717) is 11.3 Å². The lowest BCUT2D eigenvalue weighted by molar-refractivity contribution is -0.157. The van der Waals surface area contributed by atoms with E-state index < -0.39 is 42.0 Å². The van der Waals surface area contributed by atoms with E-state index in [0.717, 1.165) is 0 Å². The Morgan fingerprint density at radius 1 is 1.41 bits per heavy atom. The fraction of sp³-hybridized carbons (Fsp3) is 0.769. The summed E-state index contributed by atoms with van der Waals surface area (Å²) in [7, 11) is 0. The SMILES string of the molecule is CC[C@](C)(CC(=O)O)NC(=O)[C@H]1CC(=O)N(CC(F)(F)F)C1. The van der Waals surface area contributed by atoms with Gasteiger partial charge >= 0.3 is 12.1 Å². The van der Waals surface area contributed by atoms with Crippen molar-refractivity contribution in [2.24, 2.45) is 5.92 Å². The number of carboxylic acid groups (broad SMARTS) is 1. The Labute approximate surface area is 125 Å². The number of alkyl halides is 3. The van der Waals surface area contributed by atoms with Gasteiger partial charge in [0.25, 0.3) is 0 Å². The van der Waals surface area contributed by atoms with Crippen molar-refractivity contribution in [3.05, 3.63) is 0 Å². The highest BCUT2D eigenvalue weighted by atomic mass is 19.4. The molecule has 1 heterocycles. The summed E-state index contributed by atoms with van der Waals surface area (Å²) in [5.74, 6) is -3.31. The molecule has 1 rings (SSSR count). The minimum absolute atomic E-state index is 0.297. The number of hydrogen-bond donors (Lipinski definition) is 2. The van der Waals surface area contributed by atoms with Gasteiger partial charge in [-0.25, -0.2) is 0 Å². The maximum atomic E-state index is 12.3. The van der Waals surface area contributed by atoms with E-state index in [9.17, 15) is 27.6 Å². The molecule has 22 heavy (non-hydrogen) atoms. The zero-order valence-electron chi connectivity index (χ0n) is 12.4. The van der Waals surface area contributed by atoms with Crippen LogP contribution in [-0.4, -0.2) is 52.6 Å². The second-order valence-electron chi connectivity index (χ2n) is 5.76. The van der Waals surface area contributed by atoms with Crippen molar-refractivity contribution in [1.29, 1.82) is 0 Å². The molecular formula is C13H19F3N2O4. The molecule has 0 aliphatic carbocycles. The molecule has 2 N–H and O–H groups in total. The van der Waals surface area contributed by atoms with Crippen LogP contribution in [0.25, 0.3) is 0 Å². The third kappa shape index (κ3) is 5.19. The maximum Gasteiger partial charge on any atom is 0.406 e. The number of likely N-dealkylation sites (tertiary alicyclic amines) is 1. The number of halogens is 3. The molecule has 6 nitrogen and oxygen atoms in total. The largest absolute Gasteiger partial charge is 0.481 e. The van der Waals surface area contributed by atoms with Gasteiger partial charge in [0.1, 0.15) is 6.54 Å². The summed E-state index contributed by atoms with van der Waals surface area (Å²) >= 11 is 0. The van der Waals surface area contributed by atoms with Crippen LogP contribution in [0.1, 0.15) is 33.1 Å². The summed E-state index contributed by atoms with van der Waals surface area (Å²) in [5, 5.41) is 11.4. The molecule has 0 saturated carbocycles. The number of carbonyl (C=O) groups excluding carboxylic acids is 2. The summed E-state index contributed by atoms with van der Waals surface area (Å²) in [6.45, 7) is 1.55. The number of nitrogens with zero attached hydrogens (tertiary/aromatic N) is 1. The van der Waals surface area contributed by atoms with Crippen LogP contribution >= 0.6 is 0 Å². The quantitative estimate of drug-likeness (QED) is 0.767. The van der Waals surface area contributed by atoms with Gasteiger partial charge < -0.3 is 15.3 Å². The highest BCUT2D eigenvalue weighted by Gasteiger charge is 2.41. The van der Waals surface area contributed by atoms with Crippen molar-refractivity contribution >= 4 is 17.8 Å². The van der Waals surface area contributed by atoms with E-state index in [2.05, 4.69) is 5.32 Å². The van der Waals surface area contributed by atoms with Crippen LogP contribution in [0, 0.1) is 5.92 Å². The fourth-order valence-corrected chi connectivity index (χ4v) is 2.31. The molecule has 1 aliphatic heterocycles. The molecule has 0 bridgehead atoms. The van der Waals surface area contributed by atoms with Crippen LogP contribution in [-0.2, 0) is 14.4 Å². The molecule has 1 fully saturated rings. The number of carboxylic acids is 1. The van der Waals surface area contributed by atoms with E-state index >= 15 is 0 Å². The van der Waals surface area contributed by atoms with Gasteiger partial charge in [-0.05, 0) is 13.3 Å². The lowest BCUT2D eigenvalue weighted by Gasteiger charge is -2.29. The molecule has 0 aromatic rings. The average Bonchev–Trinajstić information content (AvgIpc) is 2.67. The van der Waals surface area contributed by atoms with E-state index in [1.807, 2.05) is 0 Å². The van der Waals surface area contributed by atoms with Crippen LogP contribution in [0.2, 0.25) is 0 Å². The van der Waals surface area contributed by atoms with E-state index in [1.54, 1.807) is 13.8 Å². The van der Waals surface area contributed by atoms with Gasteiger partial charge in [-0.15, -0.1) is 0 Å². The van der Waals surface area contributed by atoms with Crippen LogP contribution in [0.5, 0.6) is 0 Å². The summed E-state index contributed by atoms with van der Waals surface area (Å²) in [6, 6.07) is 0. The first-order valence-corrected chi connectivity index (χ1v) is 6.84. The Bertz CT molecular complexity index is 467. The van der Waals surface area contributed by atoms with Gasteiger partial charge in [-0.1, -0.05) is 6.92 Å². The predicted molar refractivity (Wildman–Crippen MR) is 69.8 cm³/mol. The Morgan fingerprint density at radius 2 is 2.00 bits per heavy atom. The number of carbonyl (C=O) groups is 3. The Morgan fingerprint density at radius 3 is 2.45 bits per heavy atom. The molecule has 0 unspecified atom stereocenters. The standard InChI is InChI=1S/C13H19F3N2O4/c1-3-12(2,5-10(20)21)17-11(22)8-4-9(19)18(6-8)7-13(14,15)16/h8H,3-7H2,1-2H3,(H,17,22)(H,20,21)/t8-,12+/m0/s1. The summed E-state index contributed by atoms with van der Waals surface area (Å²) in [6.07, 6.45) is -4.77. The number of nitrogens with one attached hydrogen (secondary N) is 1. The molecule has 1 aliphatic rings. The molecule has 0 spiro atoms. The second-order valence-corrected chi connectivity index (χ2v) is 5.76. The molecule has 9 heteroatoms. The molecule has 2 amide bonds. The zero-order chi connectivity index (χ0) is 17.1. The fourth-order valence-electron chi connectivity index (χ4n) is 2.31. The van der Waals surface area contributed by atoms with Gasteiger partial charge in [0, 0.05) is 18.5 Å². The van der Waals surface area contributed by atoms with Gasteiger partial charge in [0.05, 0.1) is 12.3 Å². The predicted octanol–water partition coefficient (Wildman–Crippen LogP) is 1.16. The van der Waals surface area contributed by atoms with Crippen molar-refractivity contribution in [3.8, 4) is 0 Å². The van der Waals surface area contributed by atoms with E-state index in [-0.39, 0.29) is 19.4 Å². The smallest absolute Gasteiger partial charge is 0.406 e. The number of hydrogen-bond acceptors (Lipinski definition) is 3. The topological polar surface area (TPSA) is 86.7 Å². The highest BCUT2D eigenvalue weighted by Crippen LogP contribution is 2.25. The van der Waals surface area contributed by atoms with Crippen LogP contribution < -0.4 is 5.32 Å². The molecule has 0 radical (unpaired) electrons. The molecule has 2 atom stereocenters. The minimum atomic E-state index is -4.51. The van der Waals surface area contributed by atoms with Crippen LogP contribution in [0.3, 0.4) is 0 Å². The molecule has 0 aromatic heterocycles. The zero-order valence-corrected chi connectivity index (χ0v) is 12.4. The molecule has 0 aromatic carbocycles. The first kappa shape index (κ1) is 18.2. The second kappa shape index (κ2) is 6.53. The first-order chi connectivity index (χ1) is 9.96. The third-order valence-corrected chi connectivity index (χ3v) is 3.70. The summed E-state index contributed by atoms with van der Waals surface area (Å²) in [5.41, 5.74) is -0.997. The molecular weight excluding hydrogens is 305 g/mol.